The molecule has 0 bridgehead atoms. The Morgan fingerprint density at radius 3 is 1.38 bits per heavy atom. The van der Waals surface area contributed by atoms with Gasteiger partial charge in [0.25, 0.3) is 0 Å². The molecule has 4 nitrogen and oxygen atoms in total. The van der Waals surface area contributed by atoms with Gasteiger partial charge < -0.3 is 10.2 Å². The number of hydrogen-bond acceptors (Lipinski definition) is 4. The second-order valence-corrected chi connectivity index (χ2v) is 8.79. The number of nitrogens with zero attached hydrogens (tertiary/aromatic N) is 2. The van der Waals surface area contributed by atoms with Crippen LogP contribution in [0.4, 0.5) is 0 Å². The molecule has 0 aliphatic carbocycles. The predicted molar refractivity (Wildman–Crippen MR) is 86.3 cm³/mol. The Hall–Kier alpha value is -0.160. The average Bonchev–Trinajstić information content (AvgIpc) is 3.19. The fourth-order valence-electron chi connectivity index (χ4n) is 3.44. The Morgan fingerprint density at radius 1 is 0.857 bits per heavy atom. The third kappa shape index (κ3) is 4.41. The molecule has 2 saturated heterocycles. The zero-order chi connectivity index (χ0) is 16.0. The van der Waals surface area contributed by atoms with Crippen LogP contribution in [0.3, 0.4) is 0 Å². The molecule has 0 aromatic heterocycles. The lowest BCUT2D eigenvalue weighted by Crippen LogP contribution is -2.44. The van der Waals surface area contributed by atoms with Crippen LogP contribution in [0.1, 0.15) is 48.0 Å². The van der Waals surface area contributed by atoms with Crippen LogP contribution in [0.15, 0.2) is 0 Å². The second-order valence-electron chi connectivity index (χ2n) is 8.79. The van der Waals surface area contributed by atoms with Crippen LogP contribution in [-0.2, 0) is 0 Å². The zero-order valence-electron chi connectivity index (χ0n) is 14.6. The summed E-state index contributed by atoms with van der Waals surface area (Å²) >= 11 is 0. The summed E-state index contributed by atoms with van der Waals surface area (Å²) < 4.78 is 0. The highest BCUT2D eigenvalue weighted by molar-refractivity contribution is 4.95. The molecule has 2 aliphatic rings. The Bertz CT molecular complexity index is 336. The van der Waals surface area contributed by atoms with E-state index in [1.165, 1.54) is 0 Å². The first-order valence-corrected chi connectivity index (χ1v) is 8.37. The Morgan fingerprint density at radius 2 is 1.14 bits per heavy atom. The van der Waals surface area contributed by atoms with Crippen LogP contribution in [-0.4, -0.2) is 70.5 Å². The summed E-state index contributed by atoms with van der Waals surface area (Å²) in [7, 11) is 0. The lowest BCUT2D eigenvalue weighted by atomic mass is 9.69. The molecule has 2 N–H and O–H groups in total. The molecule has 2 rings (SSSR count). The molecular weight excluding hydrogens is 264 g/mol. The van der Waals surface area contributed by atoms with Crippen LogP contribution in [0.25, 0.3) is 0 Å². The molecule has 0 aromatic rings. The van der Waals surface area contributed by atoms with Gasteiger partial charge in [-0.1, -0.05) is 27.7 Å². The molecule has 2 heterocycles. The molecular formula is C17H34N2O2. The lowest BCUT2D eigenvalue weighted by molar-refractivity contribution is -0.0367. The summed E-state index contributed by atoms with van der Waals surface area (Å²) in [4.78, 5) is 4.60. The number of rotatable bonds is 8. The number of aliphatic hydroxyl groups is 2. The highest BCUT2D eigenvalue weighted by Gasteiger charge is 2.43. The van der Waals surface area contributed by atoms with Crippen molar-refractivity contribution >= 4 is 0 Å². The minimum Gasteiger partial charge on any atom is -0.391 e. The largest absolute Gasteiger partial charge is 0.391 e. The first kappa shape index (κ1) is 17.2. The van der Waals surface area contributed by atoms with Crippen molar-refractivity contribution in [2.45, 2.75) is 72.3 Å². The average molecular weight is 298 g/mol. The van der Waals surface area contributed by atoms with Crippen LogP contribution in [0.2, 0.25) is 0 Å². The SMILES string of the molecule is CC1CN1CC(O)C(C)(C)CC(C)(C)C(O)CN1CC1C. The van der Waals surface area contributed by atoms with Gasteiger partial charge in [0.05, 0.1) is 12.2 Å². The van der Waals surface area contributed by atoms with E-state index in [1.807, 2.05) is 0 Å². The summed E-state index contributed by atoms with van der Waals surface area (Å²) in [5.74, 6) is 0. The van der Waals surface area contributed by atoms with Gasteiger partial charge in [-0.15, -0.1) is 0 Å². The molecule has 6 unspecified atom stereocenters. The molecule has 0 amide bonds. The van der Waals surface area contributed by atoms with Gasteiger partial charge in [-0.25, -0.2) is 0 Å². The van der Waals surface area contributed by atoms with Crippen LogP contribution >= 0.6 is 0 Å². The van der Waals surface area contributed by atoms with Crippen LogP contribution in [0, 0.1) is 10.8 Å². The van der Waals surface area contributed by atoms with Gasteiger partial charge in [0.2, 0.25) is 0 Å². The Labute approximate surface area is 130 Å². The topological polar surface area (TPSA) is 46.5 Å². The van der Waals surface area contributed by atoms with Gasteiger partial charge in [-0.2, -0.15) is 0 Å². The van der Waals surface area contributed by atoms with Gasteiger partial charge in [0, 0.05) is 38.3 Å². The van der Waals surface area contributed by atoms with Crippen molar-refractivity contribution in [2.75, 3.05) is 26.2 Å². The number of aliphatic hydroxyl groups excluding tert-OH is 2. The molecule has 0 spiro atoms. The minimum absolute atomic E-state index is 0.183. The van der Waals surface area contributed by atoms with Gasteiger partial charge >= 0.3 is 0 Å². The fourth-order valence-corrected chi connectivity index (χ4v) is 3.44. The molecule has 2 fully saturated rings. The molecule has 4 heteroatoms. The molecule has 2 aliphatic heterocycles. The highest BCUT2D eigenvalue weighted by atomic mass is 16.3. The molecule has 21 heavy (non-hydrogen) atoms. The van der Waals surface area contributed by atoms with E-state index in [-0.39, 0.29) is 23.0 Å². The van der Waals surface area contributed by atoms with E-state index in [0.29, 0.717) is 12.1 Å². The maximum atomic E-state index is 10.6. The van der Waals surface area contributed by atoms with Gasteiger partial charge in [0.15, 0.2) is 0 Å². The van der Waals surface area contributed by atoms with Gasteiger partial charge in [-0.3, -0.25) is 9.80 Å². The zero-order valence-corrected chi connectivity index (χ0v) is 14.6. The monoisotopic (exact) mass is 298 g/mol. The summed E-state index contributed by atoms with van der Waals surface area (Å²) in [5, 5.41) is 21.1. The fraction of sp³-hybridized carbons (Fsp3) is 1.00. The summed E-state index contributed by atoms with van der Waals surface area (Å²) in [6.07, 6.45) is 0.149. The third-order valence-electron chi connectivity index (χ3n) is 5.51. The second kappa shape index (κ2) is 5.80. The maximum absolute atomic E-state index is 10.6. The van der Waals surface area contributed by atoms with Crippen molar-refractivity contribution in [1.29, 1.82) is 0 Å². The van der Waals surface area contributed by atoms with Crippen molar-refractivity contribution in [1.82, 2.24) is 9.80 Å². The summed E-state index contributed by atoms with van der Waals surface area (Å²) in [6, 6.07) is 1.25. The van der Waals surface area contributed by atoms with Crippen LogP contribution in [0.5, 0.6) is 0 Å². The number of β-amino-alcohol motifs (C(OH)–C–C–N with tert-alkyl or cyclic N) is 2. The highest BCUT2D eigenvalue weighted by Crippen LogP contribution is 2.40. The molecule has 0 saturated carbocycles. The normalized spacial score (nSPS) is 35.4. The van der Waals surface area contributed by atoms with E-state index in [9.17, 15) is 10.2 Å². The van der Waals surface area contributed by atoms with Crippen molar-refractivity contribution in [2.24, 2.45) is 10.8 Å². The summed E-state index contributed by atoms with van der Waals surface area (Å²) in [5.41, 5.74) is -0.366. The van der Waals surface area contributed by atoms with Crippen LogP contribution < -0.4 is 0 Å². The van der Waals surface area contributed by atoms with E-state index in [2.05, 4.69) is 51.3 Å². The van der Waals surface area contributed by atoms with E-state index >= 15 is 0 Å². The van der Waals surface area contributed by atoms with Crippen molar-refractivity contribution in [3.8, 4) is 0 Å². The first-order chi connectivity index (χ1) is 9.53. The molecule has 0 radical (unpaired) electrons. The molecule has 124 valence electrons. The predicted octanol–water partition coefficient (Wildman–Crippen LogP) is 1.56. The van der Waals surface area contributed by atoms with Gasteiger partial charge in [-0.05, 0) is 31.1 Å². The van der Waals surface area contributed by atoms with Crippen molar-refractivity contribution in [3.63, 3.8) is 0 Å². The van der Waals surface area contributed by atoms with E-state index in [4.69, 9.17) is 0 Å². The third-order valence-corrected chi connectivity index (χ3v) is 5.51. The maximum Gasteiger partial charge on any atom is 0.0718 e. The molecule has 0 aromatic carbocycles. The van der Waals surface area contributed by atoms with E-state index in [1.54, 1.807) is 0 Å². The summed E-state index contributed by atoms with van der Waals surface area (Å²) in [6.45, 7) is 16.6. The molecule has 6 atom stereocenters. The smallest absolute Gasteiger partial charge is 0.0718 e. The Balaban J connectivity index is 1.86. The Kier molecular flexibility index (Phi) is 4.75. The van der Waals surface area contributed by atoms with Gasteiger partial charge in [0.1, 0.15) is 0 Å². The lowest BCUT2D eigenvalue weighted by Gasteiger charge is -2.41. The minimum atomic E-state index is -0.339. The van der Waals surface area contributed by atoms with E-state index < -0.39 is 0 Å². The van der Waals surface area contributed by atoms with E-state index in [0.717, 1.165) is 32.6 Å². The quantitative estimate of drug-likeness (QED) is 0.668. The van der Waals surface area contributed by atoms with Crippen molar-refractivity contribution < 1.29 is 10.2 Å². The standard InChI is InChI=1S/C17H34N2O2/c1-12-7-18(12)9-14(20)16(3,4)11-17(5,6)15(21)10-19-8-13(19)2/h12-15,20-21H,7-11H2,1-6H3. The van der Waals surface area contributed by atoms with Crippen molar-refractivity contribution in [3.05, 3.63) is 0 Å². The number of hydrogen-bond donors (Lipinski definition) is 2. The first-order valence-electron chi connectivity index (χ1n) is 8.37.